The first-order chi connectivity index (χ1) is 10.2. The molecule has 0 aliphatic carbocycles. The molecule has 21 heavy (non-hydrogen) atoms. The van der Waals surface area contributed by atoms with Crippen molar-refractivity contribution < 1.29 is 5.11 Å². The van der Waals surface area contributed by atoms with E-state index >= 15 is 0 Å². The predicted octanol–water partition coefficient (Wildman–Crippen LogP) is 1.50. The van der Waals surface area contributed by atoms with E-state index in [4.69, 9.17) is 0 Å². The van der Waals surface area contributed by atoms with Gasteiger partial charge in [0.05, 0.1) is 5.69 Å². The summed E-state index contributed by atoms with van der Waals surface area (Å²) < 4.78 is 1.22. The minimum absolute atomic E-state index is 0.217. The zero-order chi connectivity index (χ0) is 14.8. The highest BCUT2D eigenvalue weighted by atomic mass is 32.1. The summed E-state index contributed by atoms with van der Waals surface area (Å²) in [4.78, 5) is 12.0. The van der Waals surface area contributed by atoms with Crippen molar-refractivity contribution in [3.05, 3.63) is 46.8 Å². The van der Waals surface area contributed by atoms with Gasteiger partial charge in [-0.1, -0.05) is 29.5 Å². The lowest BCUT2D eigenvalue weighted by atomic mass is 10.3. The van der Waals surface area contributed by atoms with Crippen molar-refractivity contribution in [1.29, 1.82) is 0 Å². The molecule has 0 unspecified atom stereocenters. The molecule has 3 rings (SSSR count). The summed E-state index contributed by atoms with van der Waals surface area (Å²) in [7, 11) is 1.72. The maximum absolute atomic E-state index is 12.0. The minimum Gasteiger partial charge on any atom is -0.505 e. The number of para-hydroxylation sites is 1. The van der Waals surface area contributed by atoms with Crippen LogP contribution in [-0.4, -0.2) is 32.1 Å². The monoisotopic (exact) mass is 301 g/mol. The van der Waals surface area contributed by atoms with Gasteiger partial charge in [0.25, 0.3) is 5.56 Å². The number of nitrogens with zero attached hydrogens (tertiary/aromatic N) is 4. The molecule has 3 aromatic rings. The topological polar surface area (TPSA) is 92.9 Å². The number of benzene rings is 1. The second-order valence-electron chi connectivity index (χ2n) is 4.13. The van der Waals surface area contributed by atoms with Crippen LogP contribution in [0, 0.1) is 0 Å². The average molecular weight is 301 g/mol. The second kappa shape index (κ2) is 5.33. The molecule has 0 spiro atoms. The quantitative estimate of drug-likeness (QED) is 0.761. The van der Waals surface area contributed by atoms with Gasteiger partial charge in [0.15, 0.2) is 16.5 Å². The van der Waals surface area contributed by atoms with Gasteiger partial charge in [-0.05, 0) is 12.1 Å². The number of hydrogen-bond donors (Lipinski definition) is 2. The Balaban J connectivity index is 2.16. The maximum Gasteiger partial charge on any atom is 0.275 e. The Morgan fingerprint density at radius 3 is 2.67 bits per heavy atom. The van der Waals surface area contributed by atoms with Crippen LogP contribution < -0.4 is 10.9 Å². The van der Waals surface area contributed by atoms with Gasteiger partial charge in [-0.2, -0.15) is 9.78 Å². The second-order valence-corrected chi connectivity index (χ2v) is 5.10. The lowest BCUT2D eigenvalue weighted by Gasteiger charge is -2.06. The van der Waals surface area contributed by atoms with E-state index < -0.39 is 5.56 Å². The molecule has 1 aromatic carbocycles. The molecule has 0 fully saturated rings. The zero-order valence-corrected chi connectivity index (χ0v) is 11.8. The van der Waals surface area contributed by atoms with Crippen LogP contribution in [0.1, 0.15) is 0 Å². The van der Waals surface area contributed by atoms with E-state index in [2.05, 4.69) is 20.6 Å². The molecular formula is C13H11N5O2S. The fourth-order valence-corrected chi connectivity index (χ4v) is 2.46. The molecule has 0 aliphatic rings. The Hall–Kier alpha value is -2.74. The summed E-state index contributed by atoms with van der Waals surface area (Å²) in [5.74, 6) is -0.217. The molecule has 0 saturated carbocycles. The predicted molar refractivity (Wildman–Crippen MR) is 79.9 cm³/mol. The van der Waals surface area contributed by atoms with Crippen LogP contribution in [-0.2, 0) is 0 Å². The molecule has 0 bridgehead atoms. The van der Waals surface area contributed by atoms with Gasteiger partial charge in [-0.25, -0.2) is 0 Å². The number of aromatic hydroxyl groups is 1. The Bertz CT molecular complexity index is 828. The van der Waals surface area contributed by atoms with Crippen molar-refractivity contribution in [3.8, 4) is 22.1 Å². The van der Waals surface area contributed by atoms with Crippen LogP contribution in [0.4, 0.5) is 5.13 Å². The average Bonchev–Trinajstić information content (AvgIpc) is 2.97. The molecule has 8 heteroatoms. The van der Waals surface area contributed by atoms with Crippen molar-refractivity contribution in [2.45, 2.75) is 0 Å². The van der Waals surface area contributed by atoms with E-state index in [9.17, 15) is 9.90 Å². The molecule has 2 N–H and O–H groups in total. The van der Waals surface area contributed by atoms with Gasteiger partial charge in [0.1, 0.15) is 0 Å². The molecule has 7 nitrogen and oxygen atoms in total. The van der Waals surface area contributed by atoms with E-state index in [0.717, 1.165) is 6.07 Å². The van der Waals surface area contributed by atoms with Crippen molar-refractivity contribution in [2.24, 2.45) is 0 Å². The van der Waals surface area contributed by atoms with Gasteiger partial charge >= 0.3 is 0 Å². The lowest BCUT2D eigenvalue weighted by molar-refractivity contribution is 0.470. The molecule has 2 aromatic heterocycles. The van der Waals surface area contributed by atoms with Crippen LogP contribution in [0.15, 0.2) is 41.2 Å². The normalized spacial score (nSPS) is 10.5. The third-order valence-electron chi connectivity index (χ3n) is 2.75. The van der Waals surface area contributed by atoms with Crippen LogP contribution in [0.25, 0.3) is 16.4 Å². The van der Waals surface area contributed by atoms with E-state index in [1.807, 2.05) is 6.07 Å². The number of nitrogens with one attached hydrogen (secondary N) is 1. The molecule has 0 amide bonds. The van der Waals surface area contributed by atoms with Crippen molar-refractivity contribution in [3.63, 3.8) is 0 Å². The smallest absolute Gasteiger partial charge is 0.275 e. The van der Waals surface area contributed by atoms with E-state index in [-0.39, 0.29) is 11.4 Å². The summed E-state index contributed by atoms with van der Waals surface area (Å²) in [5, 5.41) is 25.9. The van der Waals surface area contributed by atoms with Crippen LogP contribution in [0.2, 0.25) is 0 Å². The SMILES string of the molecule is CNc1nnc(-c2nn(-c3ccccc3)c(=O)cc2O)s1. The third kappa shape index (κ3) is 2.48. The molecular weight excluding hydrogens is 290 g/mol. The first kappa shape index (κ1) is 13.3. The first-order valence-electron chi connectivity index (χ1n) is 6.09. The van der Waals surface area contributed by atoms with Gasteiger partial charge in [-0.3, -0.25) is 4.79 Å². The highest BCUT2D eigenvalue weighted by Crippen LogP contribution is 2.29. The summed E-state index contributed by atoms with van der Waals surface area (Å²) in [6.45, 7) is 0. The molecule has 0 aliphatic heterocycles. The molecule has 0 radical (unpaired) electrons. The molecule has 0 saturated heterocycles. The Morgan fingerprint density at radius 1 is 1.24 bits per heavy atom. The van der Waals surface area contributed by atoms with Gasteiger partial charge in [0, 0.05) is 13.1 Å². The number of anilines is 1. The lowest BCUT2D eigenvalue weighted by Crippen LogP contribution is -2.20. The Labute approximate surface area is 123 Å². The van der Waals surface area contributed by atoms with Gasteiger partial charge in [0.2, 0.25) is 5.13 Å². The molecule has 106 valence electrons. The minimum atomic E-state index is -0.416. The summed E-state index contributed by atoms with van der Waals surface area (Å²) in [5.41, 5.74) is 0.417. The van der Waals surface area contributed by atoms with Crippen LogP contribution >= 0.6 is 11.3 Å². The molecule has 0 atom stereocenters. The first-order valence-corrected chi connectivity index (χ1v) is 6.91. The van der Waals surface area contributed by atoms with Gasteiger partial charge in [-0.15, -0.1) is 10.2 Å². The summed E-state index contributed by atoms with van der Waals surface area (Å²) in [6.07, 6.45) is 0. The van der Waals surface area contributed by atoms with Gasteiger partial charge < -0.3 is 10.4 Å². The third-order valence-corrected chi connectivity index (χ3v) is 3.70. The van der Waals surface area contributed by atoms with E-state index in [1.165, 1.54) is 16.0 Å². The maximum atomic E-state index is 12.0. The molecule has 2 heterocycles. The fourth-order valence-electron chi connectivity index (χ4n) is 1.77. The highest BCUT2D eigenvalue weighted by molar-refractivity contribution is 7.18. The van der Waals surface area contributed by atoms with E-state index in [0.29, 0.717) is 15.8 Å². The largest absolute Gasteiger partial charge is 0.505 e. The number of rotatable bonds is 3. The number of hydrogen-bond acceptors (Lipinski definition) is 7. The van der Waals surface area contributed by atoms with Crippen LogP contribution in [0.3, 0.4) is 0 Å². The van der Waals surface area contributed by atoms with Crippen LogP contribution in [0.5, 0.6) is 5.75 Å². The van der Waals surface area contributed by atoms with Crippen molar-refractivity contribution >= 4 is 16.5 Å². The zero-order valence-electron chi connectivity index (χ0n) is 11.0. The number of aromatic nitrogens is 4. The summed E-state index contributed by atoms with van der Waals surface area (Å²) >= 11 is 1.24. The Morgan fingerprint density at radius 2 is 2.00 bits per heavy atom. The standard InChI is InChI=1S/C13H11N5O2S/c1-14-13-16-15-12(21-13)11-9(19)7-10(20)18(17-11)8-5-3-2-4-6-8/h2-7,19H,1H3,(H,14,16). The van der Waals surface area contributed by atoms with E-state index in [1.54, 1.807) is 31.3 Å². The van der Waals surface area contributed by atoms with Crippen molar-refractivity contribution in [1.82, 2.24) is 20.0 Å². The Kier molecular flexibility index (Phi) is 3.36. The highest BCUT2D eigenvalue weighted by Gasteiger charge is 2.15. The fraction of sp³-hybridized carbons (Fsp3) is 0.0769. The van der Waals surface area contributed by atoms with Crippen molar-refractivity contribution in [2.75, 3.05) is 12.4 Å². The summed E-state index contributed by atoms with van der Waals surface area (Å²) in [6, 6.07) is 10.1.